The van der Waals surface area contributed by atoms with Crippen LogP contribution in [-0.2, 0) is 16.0 Å². The van der Waals surface area contributed by atoms with Gasteiger partial charge in [-0.25, -0.2) is 4.98 Å². The Kier molecular flexibility index (Phi) is 3.76. The van der Waals surface area contributed by atoms with Crippen molar-refractivity contribution in [3.63, 3.8) is 0 Å². The van der Waals surface area contributed by atoms with E-state index in [4.69, 9.17) is 5.11 Å². The van der Waals surface area contributed by atoms with Crippen molar-refractivity contribution < 1.29 is 14.7 Å². The maximum atomic E-state index is 11.3. The molecule has 1 rings (SSSR count). The molecule has 7 nitrogen and oxygen atoms in total. The highest BCUT2D eigenvalue weighted by molar-refractivity contribution is 5.82. The number of nitrogens with zero attached hydrogens (tertiary/aromatic N) is 1. The number of carboxylic acid groups (broad SMARTS) is 1. The van der Waals surface area contributed by atoms with E-state index in [-0.39, 0.29) is 12.0 Å². The Labute approximate surface area is 90.5 Å². The lowest BCUT2D eigenvalue weighted by Crippen LogP contribution is -2.32. The Morgan fingerprint density at radius 1 is 1.56 bits per heavy atom. The van der Waals surface area contributed by atoms with E-state index in [0.29, 0.717) is 5.82 Å². The van der Waals surface area contributed by atoms with Crippen LogP contribution in [-0.4, -0.2) is 33.5 Å². The first-order valence-electron chi connectivity index (χ1n) is 4.52. The van der Waals surface area contributed by atoms with Gasteiger partial charge in [0.05, 0.1) is 6.42 Å². The topological polar surface area (TPSA) is 112 Å². The standard InChI is InChI=1S/C9H11N3O4/c1-5-10-3-6(9(16)12-5)2-7(13)11-4-8(14)15/h3H,2,4H2,1H3,(H,11,13)(H,14,15)(H,10,12,16). The van der Waals surface area contributed by atoms with Gasteiger partial charge in [-0.3, -0.25) is 14.4 Å². The van der Waals surface area contributed by atoms with Crippen molar-refractivity contribution in [1.29, 1.82) is 0 Å². The second kappa shape index (κ2) is 5.06. The molecule has 0 aromatic carbocycles. The smallest absolute Gasteiger partial charge is 0.322 e. The minimum Gasteiger partial charge on any atom is -0.480 e. The number of aliphatic carboxylic acids is 1. The van der Waals surface area contributed by atoms with Crippen molar-refractivity contribution in [3.8, 4) is 0 Å². The fourth-order valence-electron chi connectivity index (χ4n) is 1.05. The number of carbonyl (C=O) groups is 2. The van der Waals surface area contributed by atoms with E-state index in [1.807, 2.05) is 0 Å². The summed E-state index contributed by atoms with van der Waals surface area (Å²) >= 11 is 0. The molecule has 0 saturated heterocycles. The third-order valence-electron chi connectivity index (χ3n) is 1.79. The van der Waals surface area contributed by atoms with Crippen LogP contribution in [0.3, 0.4) is 0 Å². The lowest BCUT2D eigenvalue weighted by Gasteiger charge is -2.01. The van der Waals surface area contributed by atoms with E-state index in [2.05, 4.69) is 15.3 Å². The normalized spacial score (nSPS) is 9.81. The highest BCUT2D eigenvalue weighted by Crippen LogP contribution is 1.90. The number of aromatic amines is 1. The Hall–Kier alpha value is -2.18. The highest BCUT2D eigenvalue weighted by atomic mass is 16.4. The van der Waals surface area contributed by atoms with Crippen LogP contribution in [0.5, 0.6) is 0 Å². The summed E-state index contributed by atoms with van der Waals surface area (Å²) in [6, 6.07) is 0. The predicted octanol–water partition coefficient (Wildman–Crippen LogP) is -1.18. The van der Waals surface area contributed by atoms with Crippen LogP contribution in [0.25, 0.3) is 0 Å². The fraction of sp³-hybridized carbons (Fsp3) is 0.333. The number of aryl methyl sites for hydroxylation is 1. The fourth-order valence-corrected chi connectivity index (χ4v) is 1.05. The van der Waals surface area contributed by atoms with Gasteiger partial charge in [0, 0.05) is 11.8 Å². The summed E-state index contributed by atoms with van der Waals surface area (Å²) in [5.41, 5.74) is -0.188. The van der Waals surface area contributed by atoms with Gasteiger partial charge in [0.1, 0.15) is 12.4 Å². The third-order valence-corrected chi connectivity index (χ3v) is 1.79. The molecular weight excluding hydrogens is 214 g/mol. The summed E-state index contributed by atoms with van der Waals surface area (Å²) in [7, 11) is 0. The van der Waals surface area contributed by atoms with E-state index >= 15 is 0 Å². The second-order valence-corrected chi connectivity index (χ2v) is 3.17. The van der Waals surface area contributed by atoms with Gasteiger partial charge < -0.3 is 15.4 Å². The first kappa shape index (κ1) is 11.9. The monoisotopic (exact) mass is 225 g/mol. The van der Waals surface area contributed by atoms with E-state index in [9.17, 15) is 14.4 Å². The number of H-pyrrole nitrogens is 1. The minimum atomic E-state index is -1.13. The number of rotatable bonds is 4. The van der Waals surface area contributed by atoms with E-state index < -0.39 is 24.0 Å². The molecule has 1 amide bonds. The second-order valence-electron chi connectivity index (χ2n) is 3.17. The lowest BCUT2D eigenvalue weighted by molar-refractivity contribution is -0.137. The number of carboxylic acids is 1. The van der Waals surface area contributed by atoms with Gasteiger partial charge in [-0.05, 0) is 6.92 Å². The van der Waals surface area contributed by atoms with Crippen LogP contribution in [0, 0.1) is 6.92 Å². The van der Waals surface area contributed by atoms with Crippen LogP contribution >= 0.6 is 0 Å². The first-order chi connectivity index (χ1) is 7.49. The van der Waals surface area contributed by atoms with E-state index in [0.717, 1.165) is 0 Å². The molecule has 0 unspecified atom stereocenters. The summed E-state index contributed by atoms with van der Waals surface area (Å²) < 4.78 is 0. The van der Waals surface area contributed by atoms with Gasteiger partial charge in [-0.2, -0.15) is 0 Å². The molecule has 0 aliphatic heterocycles. The summed E-state index contributed by atoms with van der Waals surface area (Å²) in [5, 5.41) is 10.5. The molecule has 1 aromatic rings. The Bertz CT molecular complexity index is 466. The van der Waals surface area contributed by atoms with Gasteiger partial charge in [-0.15, -0.1) is 0 Å². The summed E-state index contributed by atoms with van der Waals surface area (Å²) in [6.07, 6.45) is 1.12. The molecule has 0 saturated carbocycles. The maximum Gasteiger partial charge on any atom is 0.322 e. The molecule has 0 bridgehead atoms. The van der Waals surface area contributed by atoms with E-state index in [1.165, 1.54) is 6.20 Å². The van der Waals surface area contributed by atoms with Gasteiger partial charge in [0.15, 0.2) is 0 Å². The molecule has 1 aromatic heterocycles. The van der Waals surface area contributed by atoms with Crippen LogP contribution in [0.15, 0.2) is 11.0 Å². The highest BCUT2D eigenvalue weighted by Gasteiger charge is 2.08. The van der Waals surface area contributed by atoms with Crippen molar-refractivity contribution in [2.75, 3.05) is 6.54 Å². The van der Waals surface area contributed by atoms with Crippen molar-refractivity contribution in [2.45, 2.75) is 13.3 Å². The van der Waals surface area contributed by atoms with Crippen LogP contribution in [0.4, 0.5) is 0 Å². The molecular formula is C9H11N3O4. The van der Waals surface area contributed by atoms with Crippen molar-refractivity contribution in [3.05, 3.63) is 27.9 Å². The average molecular weight is 225 g/mol. The molecule has 0 aliphatic rings. The molecule has 0 atom stereocenters. The number of nitrogens with one attached hydrogen (secondary N) is 2. The molecule has 0 spiro atoms. The molecule has 0 radical (unpaired) electrons. The minimum absolute atomic E-state index is 0.185. The quantitative estimate of drug-likeness (QED) is 0.597. The molecule has 1 heterocycles. The lowest BCUT2D eigenvalue weighted by atomic mass is 10.2. The third kappa shape index (κ3) is 3.52. The first-order valence-corrected chi connectivity index (χ1v) is 4.52. The summed E-state index contributed by atoms with van der Waals surface area (Å²) in [4.78, 5) is 39.0. The van der Waals surface area contributed by atoms with Crippen molar-refractivity contribution in [2.24, 2.45) is 0 Å². The predicted molar refractivity (Wildman–Crippen MR) is 53.9 cm³/mol. The molecule has 3 N–H and O–H groups in total. The molecule has 0 fully saturated rings. The largest absolute Gasteiger partial charge is 0.480 e. The van der Waals surface area contributed by atoms with Crippen molar-refractivity contribution in [1.82, 2.24) is 15.3 Å². The number of hydrogen-bond donors (Lipinski definition) is 3. The molecule has 86 valence electrons. The van der Waals surface area contributed by atoms with E-state index in [1.54, 1.807) is 6.92 Å². The number of carbonyl (C=O) groups excluding carboxylic acids is 1. The van der Waals surface area contributed by atoms with Crippen LogP contribution in [0.1, 0.15) is 11.4 Å². The number of aromatic nitrogens is 2. The Balaban J connectivity index is 2.63. The zero-order valence-corrected chi connectivity index (χ0v) is 8.61. The Morgan fingerprint density at radius 3 is 2.81 bits per heavy atom. The Morgan fingerprint density at radius 2 is 2.25 bits per heavy atom. The maximum absolute atomic E-state index is 11.3. The molecule has 16 heavy (non-hydrogen) atoms. The van der Waals surface area contributed by atoms with Gasteiger partial charge in [0.2, 0.25) is 5.91 Å². The zero-order valence-electron chi connectivity index (χ0n) is 8.61. The zero-order chi connectivity index (χ0) is 12.1. The SMILES string of the molecule is Cc1ncc(CC(=O)NCC(=O)O)c(=O)[nH]1. The molecule has 0 aliphatic carbocycles. The van der Waals surface area contributed by atoms with Crippen LogP contribution in [0.2, 0.25) is 0 Å². The number of hydrogen-bond acceptors (Lipinski definition) is 4. The van der Waals surface area contributed by atoms with Gasteiger partial charge in [-0.1, -0.05) is 0 Å². The van der Waals surface area contributed by atoms with Gasteiger partial charge in [0.25, 0.3) is 5.56 Å². The van der Waals surface area contributed by atoms with Gasteiger partial charge >= 0.3 is 5.97 Å². The number of amides is 1. The van der Waals surface area contributed by atoms with Crippen LogP contribution < -0.4 is 10.9 Å². The summed E-state index contributed by atoms with van der Waals surface area (Å²) in [5.74, 6) is -1.21. The van der Waals surface area contributed by atoms with Crippen molar-refractivity contribution >= 4 is 11.9 Å². The average Bonchev–Trinajstić information content (AvgIpc) is 2.19. The summed E-state index contributed by atoms with van der Waals surface area (Å²) in [6.45, 7) is 1.16. The molecule has 7 heteroatoms.